The molecule has 2 aromatic heterocycles. The van der Waals surface area contributed by atoms with E-state index < -0.39 is 8.07 Å². The summed E-state index contributed by atoms with van der Waals surface area (Å²) in [6.45, 7) is 0. The summed E-state index contributed by atoms with van der Waals surface area (Å²) in [5, 5.41) is 10.0. The fourth-order valence-electron chi connectivity index (χ4n) is 7.84. The molecule has 1 aliphatic rings. The van der Waals surface area contributed by atoms with Gasteiger partial charge in [0.05, 0.1) is 31.7 Å². The van der Waals surface area contributed by atoms with Crippen LogP contribution in [0.4, 0.5) is 11.6 Å². The molecule has 1 atom stereocenters. The lowest BCUT2D eigenvalue weighted by molar-refractivity contribution is 0.673. The topological polar surface area (TPSA) is 42.2 Å². The van der Waals surface area contributed by atoms with Crippen LogP contribution in [-0.4, -0.2) is 9.97 Å². The van der Waals surface area contributed by atoms with Crippen molar-refractivity contribution in [3.05, 3.63) is 170 Å². The van der Waals surface area contributed by atoms with Crippen LogP contribution in [0.2, 0.25) is 0 Å². The normalized spacial score (nSPS) is 14.3. The average molecular weight is 671 g/mol. The smallest absolute Gasteiger partial charge is 0.235 e. The van der Waals surface area contributed by atoms with Crippen LogP contribution in [0.25, 0.3) is 76.8 Å². The van der Waals surface area contributed by atoms with Gasteiger partial charge in [0, 0.05) is 37.9 Å². The zero-order valence-corrected chi connectivity index (χ0v) is 28.2. The van der Waals surface area contributed by atoms with Crippen molar-refractivity contribution in [1.82, 2.24) is 9.97 Å². The number of para-hydroxylation sites is 2. The molecule has 238 valence electrons. The first-order valence-corrected chi connectivity index (χ1v) is 18.4. The van der Waals surface area contributed by atoms with E-state index in [-0.39, 0.29) is 0 Å². The molecule has 51 heavy (non-hydrogen) atoms. The van der Waals surface area contributed by atoms with Gasteiger partial charge in [-0.25, -0.2) is 9.97 Å². The Morgan fingerprint density at radius 2 is 1.25 bits per heavy atom. The first-order valence-electron chi connectivity index (χ1n) is 17.6. The minimum atomic E-state index is -1.27. The van der Waals surface area contributed by atoms with E-state index in [0.29, 0.717) is 12.0 Å². The van der Waals surface area contributed by atoms with E-state index >= 15 is 0 Å². The summed E-state index contributed by atoms with van der Waals surface area (Å²) in [5.74, 6) is 0.592. The van der Waals surface area contributed by atoms with Gasteiger partial charge in [0.2, 0.25) is 5.95 Å². The van der Waals surface area contributed by atoms with Gasteiger partial charge in [-0.2, -0.15) is 0 Å². The first kappa shape index (κ1) is 27.5. The molecule has 0 amide bonds. The minimum Gasteiger partial charge on any atom is -0.455 e. The molecule has 1 aliphatic heterocycles. The van der Waals surface area contributed by atoms with E-state index in [0.717, 1.165) is 66.1 Å². The van der Waals surface area contributed by atoms with Crippen LogP contribution < -0.4 is 15.3 Å². The molecule has 0 fully saturated rings. The molecule has 8 aromatic carbocycles. The maximum atomic E-state index is 8.95. The molecule has 0 saturated carbocycles. The molecule has 0 spiro atoms. The quantitative estimate of drug-likeness (QED) is 0.176. The highest BCUT2D eigenvalue weighted by Crippen LogP contribution is 2.61. The number of nitrogens with zero attached hydrogens (tertiary/aromatic N) is 3. The Morgan fingerprint density at radius 1 is 0.588 bits per heavy atom. The van der Waals surface area contributed by atoms with Crippen molar-refractivity contribution in [3.8, 4) is 22.4 Å². The minimum absolute atomic E-state index is 0.424. The molecule has 10 aromatic rings. The van der Waals surface area contributed by atoms with Crippen LogP contribution >= 0.6 is 8.07 Å². The summed E-state index contributed by atoms with van der Waals surface area (Å²) in [6, 6.07) is 57.4. The maximum absolute atomic E-state index is 8.95. The standard InChI is InChI=1S/C46H28N3OP/c1-3-15-29(16-4-1)43-35-23-11-13-25-38(35)47-46(48-43)49-44-41(33-21-9-10-22-34(33)45-42(44)36-24-12-14-26-39(36)50-45)37-27-30-17-7-8-18-31(30)28-40(37)51(49)32-19-5-2-6-20-32/h1-28H/i15D. The highest BCUT2D eigenvalue weighted by Gasteiger charge is 2.39. The number of rotatable bonds is 3. The van der Waals surface area contributed by atoms with Crippen molar-refractivity contribution in [2.24, 2.45) is 0 Å². The highest BCUT2D eigenvalue weighted by atomic mass is 31.1. The third-order valence-electron chi connectivity index (χ3n) is 10.0. The van der Waals surface area contributed by atoms with Crippen molar-refractivity contribution in [1.29, 1.82) is 0 Å². The second-order valence-electron chi connectivity index (χ2n) is 12.9. The van der Waals surface area contributed by atoms with E-state index in [2.05, 4.69) is 126 Å². The largest absolute Gasteiger partial charge is 0.455 e. The summed E-state index contributed by atoms with van der Waals surface area (Å²) in [5.41, 5.74) is 7.43. The van der Waals surface area contributed by atoms with E-state index in [4.69, 9.17) is 15.8 Å². The zero-order chi connectivity index (χ0) is 34.3. The predicted molar refractivity (Wildman–Crippen MR) is 214 cm³/mol. The second kappa shape index (κ2) is 11.1. The number of hydrogen-bond donors (Lipinski definition) is 0. The van der Waals surface area contributed by atoms with E-state index in [1.807, 2.05) is 42.5 Å². The molecular formula is C46H28N3OP. The summed E-state index contributed by atoms with van der Waals surface area (Å²) in [6.07, 6.45) is 0. The molecule has 11 rings (SSSR count). The van der Waals surface area contributed by atoms with Gasteiger partial charge < -0.3 is 4.42 Å². The van der Waals surface area contributed by atoms with Crippen LogP contribution in [0.1, 0.15) is 1.37 Å². The lowest BCUT2D eigenvalue weighted by Crippen LogP contribution is -2.31. The lowest BCUT2D eigenvalue weighted by Gasteiger charge is -2.40. The summed E-state index contributed by atoms with van der Waals surface area (Å²) < 4.78 is 18.2. The zero-order valence-electron chi connectivity index (χ0n) is 28.3. The Morgan fingerprint density at radius 3 is 2.10 bits per heavy atom. The van der Waals surface area contributed by atoms with Gasteiger partial charge in [-0.15, -0.1) is 0 Å². The predicted octanol–water partition coefficient (Wildman–Crippen LogP) is 11.7. The summed E-state index contributed by atoms with van der Waals surface area (Å²) in [4.78, 5) is 10.9. The molecule has 0 aliphatic carbocycles. The van der Waals surface area contributed by atoms with Gasteiger partial charge in [-0.3, -0.25) is 4.67 Å². The molecule has 0 radical (unpaired) electrons. The Labute approximate surface area is 296 Å². The third kappa shape index (κ3) is 4.24. The number of anilines is 2. The second-order valence-corrected chi connectivity index (χ2v) is 14.9. The van der Waals surface area contributed by atoms with Crippen molar-refractivity contribution < 1.29 is 5.79 Å². The monoisotopic (exact) mass is 670 g/mol. The number of benzene rings is 8. The molecule has 3 heterocycles. The van der Waals surface area contributed by atoms with Crippen LogP contribution in [0.3, 0.4) is 0 Å². The van der Waals surface area contributed by atoms with Crippen molar-refractivity contribution in [2.75, 3.05) is 4.67 Å². The maximum Gasteiger partial charge on any atom is 0.235 e. The molecule has 0 N–H and O–H groups in total. The molecule has 5 heteroatoms. The Bertz CT molecular complexity index is 3070. The SMILES string of the molecule is [2H]c1ccccc1-c1nc(N2c3c(c4ccccc4c4oc5ccccc5c34)-c3cc4ccccc4cc3P2c2ccccc2)nc2ccccc12. The Hall–Kier alpha value is -6.35. The molecule has 0 bridgehead atoms. The number of fused-ring (bicyclic) bond motifs is 12. The molecule has 0 saturated heterocycles. The molecular weight excluding hydrogens is 642 g/mol. The van der Waals surface area contributed by atoms with Crippen molar-refractivity contribution >= 4 is 84.7 Å². The Balaban J connectivity index is 1.37. The van der Waals surface area contributed by atoms with Gasteiger partial charge in [0.15, 0.2) is 0 Å². The van der Waals surface area contributed by atoms with Gasteiger partial charge in [-0.05, 0) is 46.0 Å². The summed E-state index contributed by atoms with van der Waals surface area (Å²) >= 11 is 0. The van der Waals surface area contributed by atoms with Crippen LogP contribution in [0.5, 0.6) is 0 Å². The lowest BCUT2D eigenvalue weighted by atomic mass is 9.91. The first-order chi connectivity index (χ1) is 25.7. The van der Waals surface area contributed by atoms with E-state index in [1.165, 1.54) is 26.9 Å². The molecule has 4 nitrogen and oxygen atoms in total. The van der Waals surface area contributed by atoms with Crippen LogP contribution in [0.15, 0.2) is 174 Å². The third-order valence-corrected chi connectivity index (χ3v) is 12.4. The van der Waals surface area contributed by atoms with E-state index in [9.17, 15) is 0 Å². The van der Waals surface area contributed by atoms with Crippen LogP contribution in [-0.2, 0) is 0 Å². The average Bonchev–Trinajstić information content (AvgIpc) is 3.60. The summed E-state index contributed by atoms with van der Waals surface area (Å²) in [7, 11) is -1.27. The van der Waals surface area contributed by atoms with E-state index in [1.54, 1.807) is 0 Å². The number of hydrogen-bond acceptors (Lipinski definition) is 4. The number of furan rings is 1. The highest BCUT2D eigenvalue weighted by molar-refractivity contribution is 7.75. The molecule has 1 unspecified atom stereocenters. The fraction of sp³-hybridized carbons (Fsp3) is 0. The van der Waals surface area contributed by atoms with Gasteiger partial charge >= 0.3 is 0 Å². The fourth-order valence-corrected chi connectivity index (χ4v) is 10.3. The van der Waals surface area contributed by atoms with Gasteiger partial charge in [0.1, 0.15) is 11.2 Å². The Kier molecular flexibility index (Phi) is 5.97. The van der Waals surface area contributed by atoms with Gasteiger partial charge in [-0.1, -0.05) is 146 Å². The van der Waals surface area contributed by atoms with Crippen molar-refractivity contribution in [2.45, 2.75) is 0 Å². The van der Waals surface area contributed by atoms with Gasteiger partial charge in [0.25, 0.3) is 0 Å². The number of aromatic nitrogens is 2. The van der Waals surface area contributed by atoms with Crippen molar-refractivity contribution in [3.63, 3.8) is 0 Å². The van der Waals surface area contributed by atoms with Crippen LogP contribution in [0, 0.1) is 0 Å².